The van der Waals surface area contributed by atoms with Crippen molar-refractivity contribution in [1.29, 1.82) is 0 Å². The van der Waals surface area contributed by atoms with Crippen LogP contribution in [-0.2, 0) is 4.79 Å². The van der Waals surface area contributed by atoms with E-state index in [9.17, 15) is 14.4 Å². The number of carbonyl (C=O) groups excluding carboxylic acids is 2. The molecule has 0 atom stereocenters. The number of para-hydroxylation sites is 1. The fourth-order valence-corrected chi connectivity index (χ4v) is 3.75. The number of piperazine rings is 1. The number of amides is 2. The van der Waals surface area contributed by atoms with E-state index in [2.05, 4.69) is 10.2 Å². The molecule has 0 saturated carbocycles. The maximum absolute atomic E-state index is 13.2. The highest BCUT2D eigenvalue weighted by atomic mass is 16.2. The predicted octanol–water partition coefficient (Wildman–Crippen LogP) is 1.98. The molecule has 2 aromatic heterocycles. The highest BCUT2D eigenvalue weighted by Gasteiger charge is 2.26. The lowest BCUT2D eigenvalue weighted by Crippen LogP contribution is -2.50. The maximum atomic E-state index is 13.2. The molecule has 0 N–H and O–H groups in total. The summed E-state index contributed by atoms with van der Waals surface area (Å²) in [5, 5.41) is 9.12. The van der Waals surface area contributed by atoms with Crippen LogP contribution >= 0.6 is 0 Å². The Bertz CT molecular complexity index is 1190. The Morgan fingerprint density at radius 2 is 1.56 bits per heavy atom. The van der Waals surface area contributed by atoms with Gasteiger partial charge in [-0.2, -0.15) is 10.2 Å². The Balaban J connectivity index is 1.73. The van der Waals surface area contributed by atoms with Crippen LogP contribution in [0.1, 0.15) is 37.3 Å². The Morgan fingerprint density at radius 3 is 2.19 bits per heavy atom. The third kappa shape index (κ3) is 4.18. The number of hydrogen-bond donors (Lipinski definition) is 0. The van der Waals surface area contributed by atoms with Gasteiger partial charge >= 0.3 is 0 Å². The molecule has 3 aromatic rings. The van der Waals surface area contributed by atoms with Gasteiger partial charge in [0.1, 0.15) is 5.69 Å². The molecule has 0 spiro atoms. The average molecular weight is 435 g/mol. The van der Waals surface area contributed by atoms with Crippen molar-refractivity contribution in [3.05, 3.63) is 64.6 Å². The summed E-state index contributed by atoms with van der Waals surface area (Å²) in [5.74, 6) is -0.180. The van der Waals surface area contributed by atoms with Gasteiger partial charge in [-0.25, -0.2) is 9.36 Å². The third-order valence-corrected chi connectivity index (χ3v) is 5.52. The largest absolute Gasteiger partial charge is 0.339 e. The average Bonchev–Trinajstić information content (AvgIpc) is 3.25. The predicted molar refractivity (Wildman–Crippen MR) is 120 cm³/mol. The lowest BCUT2D eigenvalue weighted by atomic mass is 10.2. The summed E-state index contributed by atoms with van der Waals surface area (Å²) < 4.78 is 3.09. The molecule has 2 amide bonds. The van der Waals surface area contributed by atoms with Gasteiger partial charge in [-0.05, 0) is 38.1 Å². The van der Waals surface area contributed by atoms with E-state index in [4.69, 9.17) is 0 Å². The topological polar surface area (TPSA) is 93.3 Å². The molecule has 9 nitrogen and oxygen atoms in total. The monoisotopic (exact) mass is 434 g/mol. The fraction of sp³-hybridized carbons (Fsp3) is 0.348. The summed E-state index contributed by atoms with van der Waals surface area (Å²) in [4.78, 5) is 40.4. The molecule has 32 heavy (non-hydrogen) atoms. The molecule has 166 valence electrons. The Hall–Kier alpha value is -3.75. The first-order valence-electron chi connectivity index (χ1n) is 10.7. The van der Waals surface area contributed by atoms with E-state index in [1.54, 1.807) is 26.6 Å². The van der Waals surface area contributed by atoms with Gasteiger partial charge in [0.15, 0.2) is 5.69 Å². The number of aromatic nitrogens is 4. The summed E-state index contributed by atoms with van der Waals surface area (Å²) >= 11 is 0. The highest BCUT2D eigenvalue weighted by Crippen LogP contribution is 2.23. The molecule has 1 aromatic carbocycles. The zero-order chi connectivity index (χ0) is 22.8. The number of benzene rings is 1. The second-order valence-corrected chi connectivity index (χ2v) is 8.06. The number of rotatable bonds is 4. The number of nitrogens with zero attached hydrogens (tertiary/aromatic N) is 6. The first-order chi connectivity index (χ1) is 15.3. The van der Waals surface area contributed by atoms with Gasteiger partial charge in [-0.3, -0.25) is 14.4 Å². The van der Waals surface area contributed by atoms with E-state index in [-0.39, 0.29) is 23.4 Å². The van der Waals surface area contributed by atoms with Crippen molar-refractivity contribution in [2.75, 3.05) is 26.2 Å². The summed E-state index contributed by atoms with van der Waals surface area (Å²) in [7, 11) is 0. The molecule has 9 heteroatoms. The molecule has 1 saturated heterocycles. The van der Waals surface area contributed by atoms with Gasteiger partial charge in [-0.15, -0.1) is 0 Å². The van der Waals surface area contributed by atoms with Gasteiger partial charge in [-0.1, -0.05) is 18.2 Å². The summed E-state index contributed by atoms with van der Waals surface area (Å²) in [6.45, 7) is 7.26. The van der Waals surface area contributed by atoms with E-state index in [0.29, 0.717) is 43.3 Å². The zero-order valence-electron chi connectivity index (χ0n) is 18.4. The molecular formula is C23H26N6O3. The van der Waals surface area contributed by atoms with Crippen molar-refractivity contribution >= 4 is 11.8 Å². The molecule has 3 heterocycles. The van der Waals surface area contributed by atoms with Crippen molar-refractivity contribution in [1.82, 2.24) is 29.4 Å². The van der Waals surface area contributed by atoms with Crippen LogP contribution < -0.4 is 5.56 Å². The maximum Gasteiger partial charge on any atom is 0.274 e. The van der Waals surface area contributed by atoms with Crippen LogP contribution in [-0.4, -0.2) is 67.4 Å². The van der Waals surface area contributed by atoms with Crippen LogP contribution in [0.5, 0.6) is 0 Å². The molecule has 0 unspecified atom stereocenters. The zero-order valence-corrected chi connectivity index (χ0v) is 18.4. The highest BCUT2D eigenvalue weighted by molar-refractivity contribution is 5.93. The SMILES string of the molecule is CC(=O)N1CCN(C(=O)c2cc(-c3ccc(=O)n(C(C)C)n3)n(-c3ccccc3)n2)CC1. The van der Waals surface area contributed by atoms with Gasteiger partial charge in [0.25, 0.3) is 11.5 Å². The molecule has 1 fully saturated rings. The standard InChI is InChI=1S/C23H26N6O3/c1-16(2)28-22(31)10-9-19(24-28)21-15-20(25-29(21)18-7-5-4-6-8-18)23(32)27-13-11-26(12-14-27)17(3)30/h4-10,15-16H,11-14H2,1-3H3. The van der Waals surface area contributed by atoms with Crippen molar-refractivity contribution < 1.29 is 9.59 Å². The lowest BCUT2D eigenvalue weighted by Gasteiger charge is -2.33. The Morgan fingerprint density at radius 1 is 0.906 bits per heavy atom. The van der Waals surface area contributed by atoms with Gasteiger partial charge in [0.05, 0.1) is 17.4 Å². The summed E-state index contributed by atoms with van der Waals surface area (Å²) in [6, 6.07) is 14.2. The van der Waals surface area contributed by atoms with Crippen LogP contribution in [0.4, 0.5) is 0 Å². The second kappa shape index (κ2) is 8.78. The Labute approximate surface area is 185 Å². The minimum Gasteiger partial charge on any atom is -0.339 e. The normalized spacial score (nSPS) is 14.1. The number of hydrogen-bond acceptors (Lipinski definition) is 5. The third-order valence-electron chi connectivity index (χ3n) is 5.52. The molecule has 1 aliphatic heterocycles. The van der Waals surface area contributed by atoms with Crippen molar-refractivity contribution in [3.63, 3.8) is 0 Å². The van der Waals surface area contributed by atoms with Crippen molar-refractivity contribution in [3.8, 4) is 17.1 Å². The molecule has 1 aliphatic rings. The van der Waals surface area contributed by atoms with E-state index in [1.165, 1.54) is 17.7 Å². The van der Waals surface area contributed by atoms with Gasteiger partial charge in [0.2, 0.25) is 5.91 Å². The van der Waals surface area contributed by atoms with Crippen LogP contribution in [0, 0.1) is 0 Å². The van der Waals surface area contributed by atoms with Gasteiger partial charge in [0, 0.05) is 39.2 Å². The molecule has 4 rings (SSSR count). The minimum atomic E-state index is -0.193. The minimum absolute atomic E-state index is 0.0130. The van der Waals surface area contributed by atoms with E-state index >= 15 is 0 Å². The smallest absolute Gasteiger partial charge is 0.274 e. The van der Waals surface area contributed by atoms with E-state index < -0.39 is 0 Å². The lowest BCUT2D eigenvalue weighted by molar-refractivity contribution is -0.130. The van der Waals surface area contributed by atoms with Crippen LogP contribution in [0.2, 0.25) is 0 Å². The van der Waals surface area contributed by atoms with E-state index in [0.717, 1.165) is 5.69 Å². The second-order valence-electron chi connectivity index (χ2n) is 8.06. The molecule has 0 radical (unpaired) electrons. The summed E-state index contributed by atoms with van der Waals surface area (Å²) in [6.07, 6.45) is 0. The van der Waals surface area contributed by atoms with Gasteiger partial charge < -0.3 is 9.80 Å². The van der Waals surface area contributed by atoms with Crippen LogP contribution in [0.15, 0.2) is 53.3 Å². The van der Waals surface area contributed by atoms with Crippen LogP contribution in [0.25, 0.3) is 17.1 Å². The Kier molecular flexibility index (Phi) is 5.89. The van der Waals surface area contributed by atoms with Crippen molar-refractivity contribution in [2.24, 2.45) is 0 Å². The fourth-order valence-electron chi connectivity index (χ4n) is 3.75. The summed E-state index contributed by atoms with van der Waals surface area (Å²) in [5.41, 5.74) is 2.07. The number of carbonyl (C=O) groups is 2. The molecule has 0 bridgehead atoms. The first kappa shape index (κ1) is 21.5. The van der Waals surface area contributed by atoms with Crippen LogP contribution in [0.3, 0.4) is 0 Å². The quantitative estimate of drug-likeness (QED) is 0.626. The van der Waals surface area contributed by atoms with E-state index in [1.807, 2.05) is 44.2 Å². The molecular weight excluding hydrogens is 408 g/mol. The first-order valence-corrected chi connectivity index (χ1v) is 10.7. The van der Waals surface area contributed by atoms with Crippen molar-refractivity contribution in [2.45, 2.75) is 26.8 Å². The molecule has 0 aliphatic carbocycles.